The molecular weight excluding hydrogens is 210 g/mol. The van der Waals surface area contributed by atoms with Gasteiger partial charge in [-0.2, -0.15) is 0 Å². The number of nitrogens with one attached hydrogen (secondary N) is 1. The first kappa shape index (κ1) is 10.5. The van der Waals surface area contributed by atoms with Crippen LogP contribution >= 0.6 is 0 Å². The summed E-state index contributed by atoms with van der Waals surface area (Å²) in [4.78, 5) is 21.8. The molecule has 0 fully saturated rings. The van der Waals surface area contributed by atoms with E-state index in [1.54, 1.807) is 18.2 Å². The highest BCUT2D eigenvalue weighted by molar-refractivity contribution is 5.97. The summed E-state index contributed by atoms with van der Waals surface area (Å²) < 4.78 is 5.00. The van der Waals surface area contributed by atoms with E-state index in [2.05, 4.69) is 5.32 Å². The predicted molar refractivity (Wildman–Crippen MR) is 55.6 cm³/mol. The molecule has 0 saturated carbocycles. The van der Waals surface area contributed by atoms with Gasteiger partial charge in [0.15, 0.2) is 6.61 Å². The van der Waals surface area contributed by atoms with Crippen LogP contribution in [-0.2, 0) is 11.2 Å². The molecule has 0 atom stereocenters. The average molecular weight is 221 g/mol. The van der Waals surface area contributed by atoms with Crippen LogP contribution in [0.25, 0.3) is 0 Å². The molecule has 1 aliphatic rings. The second-order valence-electron chi connectivity index (χ2n) is 3.51. The van der Waals surface area contributed by atoms with Crippen molar-refractivity contribution in [1.82, 2.24) is 5.32 Å². The molecule has 0 saturated heterocycles. The average Bonchev–Trinajstić information content (AvgIpc) is 2.27. The smallest absolute Gasteiger partial charge is 0.341 e. The van der Waals surface area contributed by atoms with Crippen molar-refractivity contribution in [3.8, 4) is 5.75 Å². The number of hydrogen-bond acceptors (Lipinski definition) is 3. The van der Waals surface area contributed by atoms with Crippen LogP contribution in [0.5, 0.6) is 5.75 Å². The van der Waals surface area contributed by atoms with E-state index in [-0.39, 0.29) is 5.91 Å². The normalized spacial score (nSPS) is 13.9. The minimum absolute atomic E-state index is 0.137. The summed E-state index contributed by atoms with van der Waals surface area (Å²) in [5.74, 6) is -0.776. The molecule has 84 valence electrons. The number of carbonyl (C=O) groups is 2. The Morgan fingerprint density at radius 1 is 1.50 bits per heavy atom. The van der Waals surface area contributed by atoms with Gasteiger partial charge in [-0.15, -0.1) is 0 Å². The predicted octanol–water partition coefficient (Wildman–Crippen LogP) is 0.436. The van der Waals surface area contributed by atoms with Gasteiger partial charge >= 0.3 is 5.97 Å². The van der Waals surface area contributed by atoms with Crippen molar-refractivity contribution < 1.29 is 19.4 Å². The van der Waals surface area contributed by atoms with Crippen molar-refractivity contribution in [2.75, 3.05) is 13.2 Å². The zero-order valence-corrected chi connectivity index (χ0v) is 8.53. The van der Waals surface area contributed by atoms with Gasteiger partial charge in [-0.1, -0.05) is 6.07 Å². The number of carboxylic acid groups (broad SMARTS) is 1. The van der Waals surface area contributed by atoms with Crippen molar-refractivity contribution in [1.29, 1.82) is 0 Å². The van der Waals surface area contributed by atoms with Crippen molar-refractivity contribution in [2.24, 2.45) is 0 Å². The highest BCUT2D eigenvalue weighted by atomic mass is 16.5. The number of carboxylic acids is 1. The number of aliphatic carboxylic acids is 1. The maximum atomic E-state index is 11.5. The summed E-state index contributed by atoms with van der Waals surface area (Å²) in [6.07, 6.45) is 0.792. The number of rotatable bonds is 3. The zero-order chi connectivity index (χ0) is 11.5. The number of benzene rings is 1. The molecule has 0 aliphatic carbocycles. The lowest BCUT2D eigenvalue weighted by Crippen LogP contribution is -2.31. The van der Waals surface area contributed by atoms with E-state index in [1.807, 2.05) is 0 Å². The SMILES string of the molecule is O=C(O)COc1ccc2c(c1)C(=O)NCC2. The molecule has 0 spiro atoms. The number of ether oxygens (including phenoxy) is 1. The monoisotopic (exact) mass is 221 g/mol. The second-order valence-corrected chi connectivity index (χ2v) is 3.51. The largest absolute Gasteiger partial charge is 0.482 e. The summed E-state index contributed by atoms with van der Waals surface area (Å²) in [6.45, 7) is 0.238. The molecule has 0 unspecified atom stereocenters. The van der Waals surface area contributed by atoms with Crippen molar-refractivity contribution >= 4 is 11.9 Å². The van der Waals surface area contributed by atoms with Gasteiger partial charge in [-0.25, -0.2) is 4.79 Å². The second kappa shape index (κ2) is 4.22. The standard InChI is InChI=1S/C11H11NO4/c13-10(14)6-16-8-2-1-7-3-4-12-11(15)9(7)5-8/h1-2,5H,3-4,6H2,(H,12,15)(H,13,14). The van der Waals surface area contributed by atoms with E-state index in [0.717, 1.165) is 12.0 Å². The van der Waals surface area contributed by atoms with E-state index in [4.69, 9.17) is 9.84 Å². The van der Waals surface area contributed by atoms with Gasteiger partial charge in [0.25, 0.3) is 5.91 Å². The first-order valence-electron chi connectivity index (χ1n) is 4.92. The van der Waals surface area contributed by atoms with Gasteiger partial charge in [0.2, 0.25) is 0 Å². The highest BCUT2D eigenvalue weighted by Crippen LogP contribution is 2.20. The Labute approximate surface area is 92.0 Å². The van der Waals surface area contributed by atoms with Crippen LogP contribution in [0.1, 0.15) is 15.9 Å². The number of carbonyl (C=O) groups excluding carboxylic acids is 1. The lowest BCUT2D eigenvalue weighted by atomic mass is 10.0. The van der Waals surface area contributed by atoms with Crippen LogP contribution in [0.2, 0.25) is 0 Å². The van der Waals surface area contributed by atoms with Crippen LogP contribution in [0.15, 0.2) is 18.2 Å². The Bertz CT molecular complexity index is 442. The van der Waals surface area contributed by atoms with E-state index in [9.17, 15) is 9.59 Å². The molecule has 2 rings (SSSR count). The zero-order valence-electron chi connectivity index (χ0n) is 8.53. The maximum absolute atomic E-state index is 11.5. The van der Waals surface area contributed by atoms with Gasteiger partial charge < -0.3 is 15.2 Å². The minimum atomic E-state index is -1.04. The Kier molecular flexibility index (Phi) is 2.76. The third kappa shape index (κ3) is 2.13. The topological polar surface area (TPSA) is 75.6 Å². The maximum Gasteiger partial charge on any atom is 0.341 e. The molecule has 1 aromatic rings. The van der Waals surface area contributed by atoms with E-state index in [0.29, 0.717) is 17.9 Å². The molecule has 1 aliphatic heterocycles. The number of amides is 1. The van der Waals surface area contributed by atoms with Crippen LogP contribution in [0, 0.1) is 0 Å². The minimum Gasteiger partial charge on any atom is -0.482 e. The van der Waals surface area contributed by atoms with E-state index in [1.165, 1.54) is 0 Å². The molecule has 1 amide bonds. The molecule has 0 bridgehead atoms. The number of hydrogen-bond donors (Lipinski definition) is 2. The summed E-state index contributed by atoms with van der Waals surface area (Å²) >= 11 is 0. The van der Waals surface area contributed by atoms with Gasteiger partial charge in [-0.3, -0.25) is 4.79 Å². The Morgan fingerprint density at radius 2 is 2.31 bits per heavy atom. The lowest BCUT2D eigenvalue weighted by Gasteiger charge is -2.16. The van der Waals surface area contributed by atoms with E-state index >= 15 is 0 Å². The van der Waals surface area contributed by atoms with E-state index < -0.39 is 12.6 Å². The summed E-state index contributed by atoms with van der Waals surface area (Å²) in [5.41, 5.74) is 1.53. The molecule has 2 N–H and O–H groups in total. The molecule has 0 aromatic heterocycles. The Hall–Kier alpha value is -2.04. The van der Waals surface area contributed by atoms with Crippen LogP contribution in [0.4, 0.5) is 0 Å². The molecular formula is C11H11NO4. The van der Waals surface area contributed by atoms with Crippen molar-refractivity contribution in [3.63, 3.8) is 0 Å². The summed E-state index contributed by atoms with van der Waals surface area (Å²) in [6, 6.07) is 5.05. The summed E-state index contributed by atoms with van der Waals surface area (Å²) in [7, 11) is 0. The lowest BCUT2D eigenvalue weighted by molar-refractivity contribution is -0.139. The fraction of sp³-hybridized carbons (Fsp3) is 0.273. The van der Waals surface area contributed by atoms with Crippen LogP contribution in [-0.4, -0.2) is 30.1 Å². The fourth-order valence-corrected chi connectivity index (χ4v) is 1.63. The van der Waals surface area contributed by atoms with Gasteiger partial charge in [0.1, 0.15) is 5.75 Å². The Morgan fingerprint density at radius 3 is 3.06 bits per heavy atom. The van der Waals surface area contributed by atoms with Crippen molar-refractivity contribution in [3.05, 3.63) is 29.3 Å². The molecule has 16 heavy (non-hydrogen) atoms. The molecule has 5 heteroatoms. The number of fused-ring (bicyclic) bond motifs is 1. The quantitative estimate of drug-likeness (QED) is 0.776. The fourth-order valence-electron chi connectivity index (χ4n) is 1.63. The highest BCUT2D eigenvalue weighted by Gasteiger charge is 2.17. The van der Waals surface area contributed by atoms with Crippen LogP contribution < -0.4 is 10.1 Å². The summed E-state index contributed by atoms with van der Waals surface area (Å²) in [5, 5.41) is 11.2. The molecule has 1 aromatic carbocycles. The van der Waals surface area contributed by atoms with Crippen molar-refractivity contribution in [2.45, 2.75) is 6.42 Å². The first-order chi connectivity index (χ1) is 7.66. The van der Waals surface area contributed by atoms with Gasteiger partial charge in [0, 0.05) is 12.1 Å². The third-order valence-electron chi connectivity index (χ3n) is 2.37. The Balaban J connectivity index is 2.20. The van der Waals surface area contributed by atoms with Crippen LogP contribution in [0.3, 0.4) is 0 Å². The molecule has 0 radical (unpaired) electrons. The third-order valence-corrected chi connectivity index (χ3v) is 2.37. The van der Waals surface area contributed by atoms with Gasteiger partial charge in [-0.05, 0) is 24.1 Å². The molecule has 5 nitrogen and oxygen atoms in total. The molecule has 1 heterocycles. The van der Waals surface area contributed by atoms with Gasteiger partial charge in [0.05, 0.1) is 0 Å². The first-order valence-corrected chi connectivity index (χ1v) is 4.92.